The summed E-state index contributed by atoms with van der Waals surface area (Å²) < 4.78 is 9.80. The van der Waals surface area contributed by atoms with Gasteiger partial charge in [-0.3, -0.25) is 0 Å². The minimum absolute atomic E-state index is 0.409. The van der Waals surface area contributed by atoms with E-state index in [4.69, 9.17) is 9.47 Å². The number of carbonyl (C=O) groups excluding carboxylic acids is 2. The average molecular weight is 300 g/mol. The molecule has 22 heavy (non-hydrogen) atoms. The summed E-state index contributed by atoms with van der Waals surface area (Å²) in [5.74, 6) is -0.819. The van der Waals surface area contributed by atoms with Gasteiger partial charge in [0, 0.05) is 16.6 Å². The van der Waals surface area contributed by atoms with Crippen LogP contribution in [0.4, 0.5) is 0 Å². The number of methoxy groups -OCH3 is 2. The van der Waals surface area contributed by atoms with Crippen LogP contribution in [0, 0.1) is 5.41 Å². The molecule has 0 aromatic heterocycles. The molecule has 4 heteroatoms. The lowest BCUT2D eigenvalue weighted by Crippen LogP contribution is -2.35. The Morgan fingerprint density at radius 2 is 1.50 bits per heavy atom. The van der Waals surface area contributed by atoms with Crippen molar-refractivity contribution >= 4 is 11.9 Å². The van der Waals surface area contributed by atoms with Crippen LogP contribution in [0.5, 0.6) is 0 Å². The van der Waals surface area contributed by atoms with Gasteiger partial charge in [0.25, 0.3) is 0 Å². The molecule has 1 aliphatic rings. The van der Waals surface area contributed by atoms with Gasteiger partial charge < -0.3 is 9.47 Å². The average Bonchev–Trinajstić information content (AvgIpc) is 2.54. The highest BCUT2D eigenvalue weighted by Crippen LogP contribution is 2.42. The third-order valence-electron chi connectivity index (χ3n) is 4.04. The highest BCUT2D eigenvalue weighted by molar-refractivity contribution is 5.98. The maximum Gasteiger partial charge on any atom is 0.334 e. The Bertz CT molecular complexity index is 594. The van der Waals surface area contributed by atoms with Crippen molar-refractivity contribution in [1.29, 1.82) is 0 Å². The van der Waals surface area contributed by atoms with E-state index < -0.39 is 17.4 Å². The molecule has 0 aliphatic heterocycles. The second kappa shape index (κ2) is 6.60. The van der Waals surface area contributed by atoms with E-state index >= 15 is 0 Å². The largest absolute Gasteiger partial charge is 0.466 e. The molecule has 0 atom stereocenters. The van der Waals surface area contributed by atoms with Crippen LogP contribution in [-0.4, -0.2) is 26.2 Å². The standard InChI is InChI=1S/C18H20O4/c1-18(12-13-8-5-4-6-9-13)14(16(19)21-2)10-7-11-15(18)17(20)22-3/h4-6,8-11H,7,12H2,1-3H3. The third-order valence-corrected chi connectivity index (χ3v) is 4.04. The predicted molar refractivity (Wildman–Crippen MR) is 83.1 cm³/mol. The SMILES string of the molecule is COC(=O)C1=CCC=C(C(=O)OC)C1(C)Cc1ccccc1. The number of rotatable bonds is 4. The van der Waals surface area contributed by atoms with E-state index in [-0.39, 0.29) is 0 Å². The molecule has 0 bridgehead atoms. The molecule has 1 aromatic carbocycles. The molecule has 0 unspecified atom stereocenters. The van der Waals surface area contributed by atoms with Crippen molar-refractivity contribution in [3.63, 3.8) is 0 Å². The number of carbonyl (C=O) groups is 2. The Kier molecular flexibility index (Phi) is 4.81. The van der Waals surface area contributed by atoms with E-state index in [0.717, 1.165) is 5.56 Å². The Labute approximate surface area is 130 Å². The summed E-state index contributed by atoms with van der Waals surface area (Å²) in [6.45, 7) is 1.88. The van der Waals surface area contributed by atoms with Crippen LogP contribution in [0.15, 0.2) is 53.6 Å². The highest BCUT2D eigenvalue weighted by atomic mass is 16.5. The zero-order chi connectivity index (χ0) is 16.2. The monoisotopic (exact) mass is 300 g/mol. The van der Waals surface area contributed by atoms with Crippen LogP contribution in [0.1, 0.15) is 18.9 Å². The second-order valence-corrected chi connectivity index (χ2v) is 5.45. The highest BCUT2D eigenvalue weighted by Gasteiger charge is 2.42. The van der Waals surface area contributed by atoms with Crippen molar-refractivity contribution in [2.24, 2.45) is 5.41 Å². The first-order valence-corrected chi connectivity index (χ1v) is 7.14. The molecule has 0 amide bonds. The molecular formula is C18H20O4. The lowest BCUT2D eigenvalue weighted by atomic mass is 9.68. The topological polar surface area (TPSA) is 52.6 Å². The van der Waals surface area contributed by atoms with Gasteiger partial charge in [0.1, 0.15) is 0 Å². The van der Waals surface area contributed by atoms with Crippen LogP contribution >= 0.6 is 0 Å². The summed E-state index contributed by atoms with van der Waals surface area (Å²) in [5, 5.41) is 0. The fraction of sp³-hybridized carbons (Fsp3) is 0.333. The van der Waals surface area contributed by atoms with Gasteiger partial charge in [-0.05, 0) is 18.4 Å². The van der Waals surface area contributed by atoms with Gasteiger partial charge in [-0.1, -0.05) is 49.4 Å². The van der Waals surface area contributed by atoms with Gasteiger partial charge in [0.05, 0.1) is 14.2 Å². The van der Waals surface area contributed by atoms with Crippen LogP contribution in [0.3, 0.4) is 0 Å². The summed E-state index contributed by atoms with van der Waals surface area (Å²) >= 11 is 0. The van der Waals surface area contributed by atoms with Crippen LogP contribution < -0.4 is 0 Å². The van der Waals surface area contributed by atoms with E-state index in [2.05, 4.69) is 0 Å². The second-order valence-electron chi connectivity index (χ2n) is 5.45. The molecule has 0 saturated carbocycles. The molecule has 1 aromatic rings. The summed E-state index contributed by atoms with van der Waals surface area (Å²) in [4.78, 5) is 24.3. The molecular weight excluding hydrogens is 280 g/mol. The number of ether oxygens (including phenoxy) is 2. The zero-order valence-corrected chi connectivity index (χ0v) is 13.1. The molecule has 116 valence electrons. The molecule has 4 nitrogen and oxygen atoms in total. The molecule has 0 fully saturated rings. The Hall–Kier alpha value is -2.36. The first-order valence-electron chi connectivity index (χ1n) is 7.14. The summed E-state index contributed by atoms with van der Waals surface area (Å²) in [6.07, 6.45) is 4.68. The van der Waals surface area contributed by atoms with Gasteiger partial charge in [-0.25, -0.2) is 9.59 Å². The number of allylic oxidation sites excluding steroid dienone is 2. The van der Waals surface area contributed by atoms with Crippen molar-refractivity contribution in [3.8, 4) is 0 Å². The Morgan fingerprint density at radius 1 is 1.00 bits per heavy atom. The summed E-state index contributed by atoms with van der Waals surface area (Å²) in [5.41, 5.74) is 1.28. The predicted octanol–water partition coefficient (Wildman–Crippen LogP) is 2.84. The molecule has 0 saturated heterocycles. The van der Waals surface area contributed by atoms with Crippen molar-refractivity contribution in [2.75, 3.05) is 14.2 Å². The summed E-state index contributed by atoms with van der Waals surface area (Å²) in [6, 6.07) is 9.75. The molecule has 0 heterocycles. The van der Waals surface area contributed by atoms with Crippen LogP contribution in [0.2, 0.25) is 0 Å². The fourth-order valence-corrected chi connectivity index (χ4v) is 2.92. The Morgan fingerprint density at radius 3 is 1.95 bits per heavy atom. The smallest absolute Gasteiger partial charge is 0.334 e. The van der Waals surface area contributed by atoms with Gasteiger partial charge in [-0.15, -0.1) is 0 Å². The van der Waals surface area contributed by atoms with E-state index in [9.17, 15) is 9.59 Å². The normalized spacial score (nSPS) is 16.3. The molecule has 2 rings (SSSR count). The molecule has 1 aliphatic carbocycles. The van der Waals surface area contributed by atoms with Gasteiger partial charge in [0.2, 0.25) is 0 Å². The first-order chi connectivity index (χ1) is 10.5. The fourth-order valence-electron chi connectivity index (χ4n) is 2.92. The quantitative estimate of drug-likeness (QED) is 0.802. The minimum Gasteiger partial charge on any atom is -0.466 e. The minimum atomic E-state index is -0.764. The van der Waals surface area contributed by atoms with Crippen LogP contribution in [0.25, 0.3) is 0 Å². The third kappa shape index (κ3) is 2.96. The van der Waals surface area contributed by atoms with E-state index in [0.29, 0.717) is 24.0 Å². The summed E-state index contributed by atoms with van der Waals surface area (Å²) in [7, 11) is 2.70. The number of hydrogen-bond acceptors (Lipinski definition) is 4. The van der Waals surface area contributed by atoms with Gasteiger partial charge in [0.15, 0.2) is 0 Å². The van der Waals surface area contributed by atoms with Crippen molar-refractivity contribution in [1.82, 2.24) is 0 Å². The number of esters is 2. The molecule has 0 N–H and O–H groups in total. The van der Waals surface area contributed by atoms with E-state index in [1.165, 1.54) is 14.2 Å². The maximum absolute atomic E-state index is 12.2. The van der Waals surface area contributed by atoms with Crippen molar-refractivity contribution in [3.05, 3.63) is 59.2 Å². The Balaban J connectivity index is 2.46. The van der Waals surface area contributed by atoms with Crippen LogP contribution in [-0.2, 0) is 25.5 Å². The lowest BCUT2D eigenvalue weighted by Gasteiger charge is -2.34. The maximum atomic E-state index is 12.2. The van der Waals surface area contributed by atoms with Crippen molar-refractivity contribution < 1.29 is 19.1 Å². The van der Waals surface area contributed by atoms with Gasteiger partial charge >= 0.3 is 11.9 Å². The van der Waals surface area contributed by atoms with E-state index in [1.54, 1.807) is 0 Å². The number of benzene rings is 1. The van der Waals surface area contributed by atoms with Gasteiger partial charge in [-0.2, -0.15) is 0 Å². The van der Waals surface area contributed by atoms with Crippen molar-refractivity contribution in [2.45, 2.75) is 19.8 Å². The molecule has 0 radical (unpaired) electrons. The lowest BCUT2D eigenvalue weighted by molar-refractivity contribution is -0.138. The molecule has 0 spiro atoms. The number of hydrogen-bond donors (Lipinski definition) is 0. The first kappa shape index (κ1) is 16.0. The zero-order valence-electron chi connectivity index (χ0n) is 13.1. The van der Waals surface area contributed by atoms with E-state index in [1.807, 2.05) is 49.4 Å².